The number of hydrogen-bond acceptors (Lipinski definition) is 5. The van der Waals surface area contributed by atoms with Crippen LogP contribution in [0.1, 0.15) is 15.9 Å². The largest absolute Gasteiger partial charge is 0.397 e. The van der Waals surface area contributed by atoms with Gasteiger partial charge < -0.3 is 11.1 Å². The Kier molecular flexibility index (Phi) is 5.19. The molecule has 3 rings (SSSR count). The number of amides is 2. The number of nitrogen functional groups attached to an aromatic ring is 1. The normalized spacial score (nSPS) is 10.2. The van der Waals surface area contributed by atoms with Gasteiger partial charge in [-0.3, -0.25) is 19.5 Å². The fraction of sp³-hybridized carbons (Fsp3) is 0.0526. The van der Waals surface area contributed by atoms with Crippen molar-refractivity contribution in [2.45, 2.75) is 6.54 Å². The Balaban J connectivity index is 1.69. The Hall–Kier alpha value is -3.74. The maximum Gasteiger partial charge on any atom is 0.255 e. The van der Waals surface area contributed by atoms with E-state index in [-0.39, 0.29) is 5.91 Å². The number of para-hydroxylation sites is 2. The van der Waals surface area contributed by atoms with Gasteiger partial charge in [0.1, 0.15) is 0 Å². The topological polar surface area (TPSA) is 101 Å². The van der Waals surface area contributed by atoms with E-state index in [0.29, 0.717) is 35.7 Å². The molecule has 0 fully saturated rings. The Bertz CT molecular complexity index is 897. The monoisotopic (exact) mass is 347 g/mol. The summed E-state index contributed by atoms with van der Waals surface area (Å²) in [6, 6.07) is 14.0. The molecule has 3 aromatic rings. The number of anilines is 3. The lowest BCUT2D eigenvalue weighted by atomic mass is 10.1. The molecular weight excluding hydrogens is 330 g/mol. The molecule has 2 amide bonds. The van der Waals surface area contributed by atoms with Crippen molar-refractivity contribution in [1.29, 1.82) is 0 Å². The van der Waals surface area contributed by atoms with Crippen LogP contribution >= 0.6 is 0 Å². The van der Waals surface area contributed by atoms with E-state index in [1.165, 1.54) is 17.3 Å². The highest BCUT2D eigenvalue weighted by molar-refractivity contribution is 6.05. The molecule has 0 atom stereocenters. The molecule has 0 unspecified atom stereocenters. The molecule has 0 aliphatic rings. The van der Waals surface area contributed by atoms with Crippen LogP contribution in [-0.4, -0.2) is 22.3 Å². The number of rotatable bonds is 6. The summed E-state index contributed by atoms with van der Waals surface area (Å²) in [6.07, 6.45) is 5.28. The second kappa shape index (κ2) is 7.89. The van der Waals surface area contributed by atoms with Crippen LogP contribution < -0.4 is 16.0 Å². The van der Waals surface area contributed by atoms with E-state index in [1.54, 1.807) is 54.7 Å². The van der Waals surface area contributed by atoms with E-state index in [1.807, 2.05) is 0 Å². The lowest BCUT2D eigenvalue weighted by Gasteiger charge is -2.16. The maximum absolute atomic E-state index is 12.3. The first kappa shape index (κ1) is 17.1. The predicted molar refractivity (Wildman–Crippen MR) is 99.5 cm³/mol. The van der Waals surface area contributed by atoms with Crippen LogP contribution in [0.5, 0.6) is 0 Å². The third-order valence-corrected chi connectivity index (χ3v) is 3.75. The van der Waals surface area contributed by atoms with E-state index in [4.69, 9.17) is 5.73 Å². The van der Waals surface area contributed by atoms with Crippen molar-refractivity contribution in [2.75, 3.05) is 16.0 Å². The standard InChI is InChI=1S/C19H17N5O2/c20-16-3-1-2-4-17(16)23-19(26)15-7-5-14(6-8-15)12-24(13-25)18-11-21-9-10-22-18/h1-11,13H,12,20H2,(H,23,26). The van der Waals surface area contributed by atoms with Crippen LogP contribution in [0, 0.1) is 0 Å². The van der Waals surface area contributed by atoms with E-state index in [2.05, 4.69) is 15.3 Å². The quantitative estimate of drug-likeness (QED) is 0.527. The summed E-state index contributed by atoms with van der Waals surface area (Å²) in [5.41, 5.74) is 8.26. The van der Waals surface area contributed by atoms with Gasteiger partial charge in [0.25, 0.3) is 5.91 Å². The Labute approximate surface area is 150 Å². The lowest BCUT2D eigenvalue weighted by molar-refractivity contribution is -0.107. The molecule has 0 radical (unpaired) electrons. The molecule has 7 heteroatoms. The molecule has 0 saturated heterocycles. The van der Waals surface area contributed by atoms with Gasteiger partial charge >= 0.3 is 0 Å². The fourth-order valence-electron chi connectivity index (χ4n) is 2.38. The summed E-state index contributed by atoms with van der Waals surface area (Å²) in [4.78, 5) is 33.1. The van der Waals surface area contributed by atoms with Crippen molar-refractivity contribution < 1.29 is 9.59 Å². The minimum absolute atomic E-state index is 0.254. The molecule has 2 aromatic carbocycles. The van der Waals surface area contributed by atoms with Crippen LogP contribution in [0.15, 0.2) is 67.1 Å². The van der Waals surface area contributed by atoms with E-state index in [9.17, 15) is 9.59 Å². The summed E-state index contributed by atoms with van der Waals surface area (Å²) in [5, 5.41) is 2.77. The molecule has 0 saturated carbocycles. The van der Waals surface area contributed by atoms with Crippen molar-refractivity contribution in [2.24, 2.45) is 0 Å². The summed E-state index contributed by atoms with van der Waals surface area (Å²) >= 11 is 0. The van der Waals surface area contributed by atoms with Crippen molar-refractivity contribution in [3.8, 4) is 0 Å². The van der Waals surface area contributed by atoms with Crippen LogP contribution in [0.3, 0.4) is 0 Å². The van der Waals surface area contributed by atoms with Crippen LogP contribution in [-0.2, 0) is 11.3 Å². The Morgan fingerprint density at radius 2 is 1.88 bits per heavy atom. The minimum atomic E-state index is -0.254. The number of carbonyl (C=O) groups is 2. The Morgan fingerprint density at radius 1 is 1.12 bits per heavy atom. The number of aromatic nitrogens is 2. The summed E-state index contributed by atoms with van der Waals surface area (Å²) in [6.45, 7) is 0.329. The van der Waals surface area contributed by atoms with Crippen LogP contribution in [0.25, 0.3) is 0 Å². The average molecular weight is 347 g/mol. The predicted octanol–water partition coefficient (Wildman–Crippen LogP) is 2.47. The highest BCUT2D eigenvalue weighted by Gasteiger charge is 2.10. The van der Waals surface area contributed by atoms with Crippen molar-refractivity contribution in [1.82, 2.24) is 9.97 Å². The number of nitrogens with zero attached hydrogens (tertiary/aromatic N) is 3. The first-order valence-corrected chi connectivity index (χ1v) is 7.90. The van der Waals surface area contributed by atoms with Gasteiger partial charge in [0.15, 0.2) is 5.82 Å². The number of hydrogen-bond donors (Lipinski definition) is 2. The molecule has 1 heterocycles. The van der Waals surface area contributed by atoms with Gasteiger partial charge in [-0.05, 0) is 29.8 Å². The maximum atomic E-state index is 12.3. The fourth-order valence-corrected chi connectivity index (χ4v) is 2.38. The first-order valence-electron chi connectivity index (χ1n) is 7.90. The molecule has 0 spiro atoms. The Morgan fingerprint density at radius 3 is 2.54 bits per heavy atom. The smallest absolute Gasteiger partial charge is 0.255 e. The summed E-state index contributed by atoms with van der Waals surface area (Å²) in [7, 11) is 0. The SMILES string of the molecule is Nc1ccccc1NC(=O)c1ccc(CN(C=O)c2cnccn2)cc1. The highest BCUT2D eigenvalue weighted by atomic mass is 16.1. The zero-order valence-electron chi connectivity index (χ0n) is 13.9. The molecule has 1 aromatic heterocycles. The molecule has 0 aliphatic carbocycles. The molecular formula is C19H17N5O2. The highest BCUT2D eigenvalue weighted by Crippen LogP contribution is 2.18. The van der Waals surface area contributed by atoms with Gasteiger partial charge in [0.2, 0.25) is 6.41 Å². The minimum Gasteiger partial charge on any atom is -0.397 e. The van der Waals surface area contributed by atoms with Gasteiger partial charge in [-0.15, -0.1) is 0 Å². The number of nitrogens with two attached hydrogens (primary N) is 1. The zero-order valence-corrected chi connectivity index (χ0v) is 13.9. The van der Waals surface area contributed by atoms with E-state index in [0.717, 1.165) is 5.56 Å². The second-order valence-electron chi connectivity index (χ2n) is 5.54. The van der Waals surface area contributed by atoms with Gasteiger partial charge in [-0.2, -0.15) is 0 Å². The van der Waals surface area contributed by atoms with Crippen LogP contribution in [0.4, 0.5) is 17.2 Å². The zero-order chi connectivity index (χ0) is 18.4. The molecule has 0 aliphatic heterocycles. The average Bonchev–Trinajstić information content (AvgIpc) is 2.69. The van der Waals surface area contributed by atoms with Crippen molar-refractivity contribution >= 4 is 29.5 Å². The molecule has 7 nitrogen and oxygen atoms in total. The van der Waals surface area contributed by atoms with Crippen molar-refractivity contribution in [3.05, 3.63) is 78.2 Å². The first-order chi connectivity index (χ1) is 12.7. The van der Waals surface area contributed by atoms with Crippen LogP contribution in [0.2, 0.25) is 0 Å². The van der Waals surface area contributed by atoms with Gasteiger partial charge in [-0.25, -0.2) is 4.98 Å². The lowest BCUT2D eigenvalue weighted by Crippen LogP contribution is -2.21. The van der Waals surface area contributed by atoms with Gasteiger partial charge in [0.05, 0.1) is 24.1 Å². The molecule has 0 bridgehead atoms. The summed E-state index contributed by atoms with van der Waals surface area (Å²) < 4.78 is 0. The number of benzene rings is 2. The third-order valence-electron chi connectivity index (χ3n) is 3.75. The molecule has 3 N–H and O–H groups in total. The van der Waals surface area contributed by atoms with Gasteiger partial charge in [0, 0.05) is 18.0 Å². The van der Waals surface area contributed by atoms with Crippen molar-refractivity contribution in [3.63, 3.8) is 0 Å². The second-order valence-corrected chi connectivity index (χ2v) is 5.54. The summed E-state index contributed by atoms with van der Waals surface area (Å²) in [5.74, 6) is 0.208. The van der Waals surface area contributed by atoms with E-state index < -0.39 is 0 Å². The van der Waals surface area contributed by atoms with Gasteiger partial charge in [-0.1, -0.05) is 24.3 Å². The number of carbonyl (C=O) groups excluding carboxylic acids is 2. The number of nitrogens with one attached hydrogen (secondary N) is 1. The molecule has 26 heavy (non-hydrogen) atoms. The third kappa shape index (κ3) is 4.02. The van der Waals surface area contributed by atoms with E-state index >= 15 is 0 Å². The molecule has 130 valence electrons.